The van der Waals surface area contributed by atoms with E-state index < -0.39 is 0 Å². The number of benzene rings is 1. The van der Waals surface area contributed by atoms with Crippen molar-refractivity contribution in [3.05, 3.63) is 69.6 Å². The molecule has 1 aromatic rings. The van der Waals surface area contributed by atoms with E-state index in [-0.39, 0.29) is 5.43 Å². The van der Waals surface area contributed by atoms with Crippen molar-refractivity contribution in [2.45, 2.75) is 13.5 Å². The molecule has 2 aliphatic heterocycles. The summed E-state index contributed by atoms with van der Waals surface area (Å²) in [5, 5.41) is 0.525. The van der Waals surface area contributed by atoms with Gasteiger partial charge in [0, 0.05) is 11.6 Å². The molecule has 0 spiro atoms. The van der Waals surface area contributed by atoms with Gasteiger partial charge >= 0.3 is 0 Å². The van der Waals surface area contributed by atoms with Gasteiger partial charge in [-0.3, -0.25) is 4.79 Å². The van der Waals surface area contributed by atoms with Crippen LogP contribution in [0.15, 0.2) is 58.1 Å². The number of imidazole rings is 1. The molecule has 0 unspecified atom stereocenters. The van der Waals surface area contributed by atoms with Crippen LogP contribution >= 0.6 is 0 Å². The number of hydrogen-bond donors (Lipinski definition) is 0. The van der Waals surface area contributed by atoms with Gasteiger partial charge in [-0.2, -0.15) is 0 Å². The van der Waals surface area contributed by atoms with Crippen molar-refractivity contribution in [3.63, 3.8) is 0 Å². The van der Waals surface area contributed by atoms with Crippen LogP contribution in [0.25, 0.3) is 22.6 Å². The number of rotatable bonds is 2. The molecule has 1 aromatic carbocycles. The monoisotopic (exact) mass is 291 g/mol. The summed E-state index contributed by atoms with van der Waals surface area (Å²) in [7, 11) is 0. The number of aryl methyl sites for hydroxylation is 1. The highest BCUT2D eigenvalue weighted by Gasteiger charge is 2.15. The maximum atomic E-state index is 12.3. The molecule has 0 saturated carbocycles. The molecule has 0 N–H and O–H groups in total. The Balaban J connectivity index is 2.15. The van der Waals surface area contributed by atoms with Crippen LogP contribution in [0.1, 0.15) is 6.92 Å². The summed E-state index contributed by atoms with van der Waals surface area (Å²) >= 11 is 0. The first-order chi connectivity index (χ1) is 10.8. The van der Waals surface area contributed by atoms with E-state index in [0.717, 1.165) is 11.3 Å². The minimum atomic E-state index is -0.104. The minimum absolute atomic E-state index is 0.104. The molecule has 0 radical (unpaired) electrons. The molecule has 22 heavy (non-hydrogen) atoms. The Kier molecular flexibility index (Phi) is 2.79. The topological polar surface area (TPSA) is 60.9 Å². The molecule has 0 amide bonds. The molecule has 5 nitrogen and oxygen atoms in total. The van der Waals surface area contributed by atoms with Gasteiger partial charge in [-0.05, 0) is 13.0 Å². The molecule has 3 aliphatic rings. The third-order valence-electron chi connectivity index (χ3n) is 3.73. The average Bonchev–Trinajstić information content (AvgIpc) is 3.03. The Morgan fingerprint density at radius 1 is 1.14 bits per heavy atom. The van der Waals surface area contributed by atoms with Crippen molar-refractivity contribution in [3.8, 4) is 22.6 Å². The van der Waals surface area contributed by atoms with Crippen molar-refractivity contribution in [1.82, 2.24) is 14.7 Å². The smallest absolute Gasteiger partial charge is 0.194 e. The average molecular weight is 291 g/mol. The number of fused-ring (bicyclic) bond motifs is 2. The van der Waals surface area contributed by atoms with Crippen LogP contribution in [0.4, 0.5) is 0 Å². The Hall–Kier alpha value is -2.95. The van der Waals surface area contributed by atoms with Crippen LogP contribution in [-0.4, -0.2) is 14.7 Å². The number of aromatic nitrogens is 3. The summed E-state index contributed by atoms with van der Waals surface area (Å²) in [6.45, 7) is 2.65. The van der Waals surface area contributed by atoms with Gasteiger partial charge in [0.15, 0.2) is 10.8 Å². The first-order valence-electron chi connectivity index (χ1n) is 7.12. The van der Waals surface area contributed by atoms with Crippen molar-refractivity contribution < 1.29 is 4.52 Å². The zero-order valence-electron chi connectivity index (χ0n) is 12.0. The summed E-state index contributed by atoms with van der Waals surface area (Å²) in [5.41, 5.74) is 3.44. The fourth-order valence-electron chi connectivity index (χ4n) is 2.67. The second-order valence-corrected chi connectivity index (χ2v) is 5.04. The van der Waals surface area contributed by atoms with E-state index in [2.05, 4.69) is 9.97 Å². The van der Waals surface area contributed by atoms with Gasteiger partial charge in [-0.15, -0.1) is 0 Å². The van der Waals surface area contributed by atoms with Gasteiger partial charge in [-0.25, -0.2) is 14.7 Å². The molecular weight excluding hydrogens is 278 g/mol. The van der Waals surface area contributed by atoms with Crippen LogP contribution in [0.2, 0.25) is 0 Å². The predicted octanol–water partition coefficient (Wildman–Crippen LogP) is 2.75. The largest absolute Gasteiger partial charge is 0.376 e. The van der Waals surface area contributed by atoms with E-state index in [1.54, 1.807) is 4.74 Å². The predicted molar refractivity (Wildman–Crippen MR) is 81.6 cm³/mol. The van der Waals surface area contributed by atoms with Gasteiger partial charge in [0.25, 0.3) is 0 Å². The lowest BCUT2D eigenvalue weighted by Crippen LogP contribution is -2.09. The van der Waals surface area contributed by atoms with E-state index in [9.17, 15) is 4.79 Å². The summed E-state index contributed by atoms with van der Waals surface area (Å²) < 4.78 is 7.73. The zero-order chi connectivity index (χ0) is 15.1. The van der Waals surface area contributed by atoms with E-state index >= 15 is 0 Å². The molecule has 2 heterocycles. The van der Waals surface area contributed by atoms with Crippen molar-refractivity contribution in [2.75, 3.05) is 0 Å². The highest BCUT2D eigenvalue weighted by atomic mass is 16.5. The normalized spacial score (nSPS) is 11.3. The molecule has 0 saturated heterocycles. The molecule has 108 valence electrons. The second kappa shape index (κ2) is 4.80. The van der Waals surface area contributed by atoms with Gasteiger partial charge in [0.1, 0.15) is 12.0 Å². The standard InChI is InChI=1S/C17H13N3O2/c1-2-20-14(11-6-4-3-5-7-11)8-12-15(21)9-13-16(17(12)22-20)19-10-18-13/h3-10H,2H2,1H3. The number of nitrogens with zero attached hydrogens (tertiary/aromatic N) is 3. The van der Waals surface area contributed by atoms with Gasteiger partial charge in [0.05, 0.1) is 23.2 Å². The second-order valence-electron chi connectivity index (χ2n) is 5.04. The Morgan fingerprint density at radius 2 is 1.95 bits per heavy atom. The quantitative estimate of drug-likeness (QED) is 0.570. The first kappa shape index (κ1) is 12.8. The molecule has 0 aromatic heterocycles. The van der Waals surface area contributed by atoms with E-state index in [1.165, 1.54) is 12.4 Å². The van der Waals surface area contributed by atoms with Crippen LogP contribution in [0.5, 0.6) is 0 Å². The fraction of sp³-hybridized carbons (Fsp3) is 0.118. The molecule has 0 fully saturated rings. The van der Waals surface area contributed by atoms with Crippen LogP contribution < -0.4 is 5.43 Å². The summed E-state index contributed by atoms with van der Waals surface area (Å²) in [6.07, 6.45) is 1.44. The van der Waals surface area contributed by atoms with Gasteiger partial charge in [-0.1, -0.05) is 30.3 Å². The number of hydrogen-bond acceptors (Lipinski definition) is 4. The lowest BCUT2D eigenvalue weighted by atomic mass is 10.1. The van der Waals surface area contributed by atoms with Crippen LogP contribution in [-0.2, 0) is 6.54 Å². The van der Waals surface area contributed by atoms with Gasteiger partial charge in [0.2, 0.25) is 0 Å². The maximum Gasteiger partial charge on any atom is 0.194 e. The van der Waals surface area contributed by atoms with Crippen molar-refractivity contribution in [2.24, 2.45) is 0 Å². The van der Waals surface area contributed by atoms with Crippen molar-refractivity contribution >= 4 is 0 Å². The van der Waals surface area contributed by atoms with Crippen molar-refractivity contribution in [1.29, 1.82) is 0 Å². The Bertz CT molecular complexity index is 1030. The SMILES string of the molecule is CCn1oc2c3ncnc-3cc(=O)c=2cc1-c1ccccc1. The molecular formula is C17H13N3O2. The van der Waals surface area contributed by atoms with E-state index in [1.807, 2.05) is 43.3 Å². The molecule has 1 aliphatic carbocycles. The first-order valence-corrected chi connectivity index (χ1v) is 7.12. The molecule has 4 rings (SSSR count). The Labute approximate surface area is 125 Å². The lowest BCUT2D eigenvalue weighted by molar-refractivity contribution is 0.250. The highest BCUT2D eigenvalue weighted by Crippen LogP contribution is 2.23. The van der Waals surface area contributed by atoms with Crippen LogP contribution in [0, 0.1) is 10.6 Å². The summed E-state index contributed by atoms with van der Waals surface area (Å²) in [4.78, 5) is 20.6. The summed E-state index contributed by atoms with van der Waals surface area (Å²) in [5.74, 6) is 0. The highest BCUT2D eigenvalue weighted by molar-refractivity contribution is 5.60. The van der Waals surface area contributed by atoms with Gasteiger partial charge < -0.3 is 4.52 Å². The van der Waals surface area contributed by atoms with E-state index in [4.69, 9.17) is 4.52 Å². The minimum Gasteiger partial charge on any atom is -0.376 e. The molecule has 0 atom stereocenters. The Morgan fingerprint density at radius 3 is 2.73 bits per heavy atom. The van der Waals surface area contributed by atoms with E-state index in [0.29, 0.717) is 28.6 Å². The lowest BCUT2D eigenvalue weighted by Gasteiger charge is -2.11. The zero-order valence-corrected chi connectivity index (χ0v) is 12.0. The third kappa shape index (κ3) is 1.83. The molecule has 5 heteroatoms. The molecule has 0 bridgehead atoms. The fourth-order valence-corrected chi connectivity index (χ4v) is 2.67. The van der Waals surface area contributed by atoms with Crippen LogP contribution in [0.3, 0.4) is 0 Å². The third-order valence-corrected chi connectivity index (χ3v) is 3.73. The maximum absolute atomic E-state index is 12.3. The summed E-state index contributed by atoms with van der Waals surface area (Å²) in [6, 6.07) is 13.2.